The van der Waals surface area contributed by atoms with Crippen molar-refractivity contribution in [1.82, 2.24) is 0 Å². The molecule has 1 unspecified atom stereocenters. The molecular formula is C26H25NO4S2. The molecule has 33 heavy (non-hydrogen) atoms. The summed E-state index contributed by atoms with van der Waals surface area (Å²) < 4.78 is 27.4. The highest BCUT2D eigenvalue weighted by molar-refractivity contribution is 7.98. The van der Waals surface area contributed by atoms with E-state index in [1.165, 1.54) is 17.0 Å². The van der Waals surface area contributed by atoms with Crippen LogP contribution in [0.25, 0.3) is 0 Å². The predicted molar refractivity (Wildman–Crippen MR) is 132 cm³/mol. The van der Waals surface area contributed by atoms with Crippen LogP contribution >= 0.6 is 11.8 Å². The van der Waals surface area contributed by atoms with Crippen LogP contribution in [-0.2, 0) is 21.1 Å². The van der Waals surface area contributed by atoms with Crippen LogP contribution in [0.5, 0.6) is 0 Å². The number of carbonyl (C=O) groups excluding carboxylic acids is 1. The number of anilines is 1. The molecule has 1 aliphatic heterocycles. The molecule has 3 aromatic carbocycles. The van der Waals surface area contributed by atoms with Crippen LogP contribution in [0.4, 0.5) is 5.69 Å². The zero-order valence-corrected chi connectivity index (χ0v) is 20.3. The van der Waals surface area contributed by atoms with E-state index in [1.807, 2.05) is 44.4 Å². The number of sulfone groups is 1. The molecule has 1 heterocycles. The highest BCUT2D eigenvalue weighted by Crippen LogP contribution is 2.45. The Balaban J connectivity index is 1.90. The Labute approximate surface area is 198 Å². The minimum Gasteiger partial charge on any atom is -0.502 e. The van der Waals surface area contributed by atoms with Crippen LogP contribution in [0.2, 0.25) is 0 Å². The first-order chi connectivity index (χ1) is 15.8. The predicted octanol–water partition coefficient (Wildman–Crippen LogP) is 5.61. The number of thioether (sulfide) groups is 1. The Morgan fingerprint density at radius 2 is 1.55 bits per heavy atom. The van der Waals surface area contributed by atoms with Crippen LogP contribution in [0.1, 0.15) is 29.7 Å². The zero-order valence-electron chi connectivity index (χ0n) is 18.6. The van der Waals surface area contributed by atoms with Gasteiger partial charge in [0, 0.05) is 10.6 Å². The van der Waals surface area contributed by atoms with Crippen LogP contribution in [0.3, 0.4) is 0 Å². The van der Waals surface area contributed by atoms with Gasteiger partial charge < -0.3 is 5.11 Å². The molecule has 1 aliphatic rings. The lowest BCUT2D eigenvalue weighted by Crippen LogP contribution is -2.31. The Kier molecular flexibility index (Phi) is 6.36. The number of rotatable bonds is 6. The van der Waals surface area contributed by atoms with E-state index in [0.717, 1.165) is 22.4 Å². The van der Waals surface area contributed by atoms with Crippen molar-refractivity contribution in [3.63, 3.8) is 0 Å². The van der Waals surface area contributed by atoms with Crippen LogP contribution in [0, 0.1) is 6.92 Å². The first-order valence-corrected chi connectivity index (χ1v) is 13.3. The van der Waals surface area contributed by atoms with Crippen molar-refractivity contribution in [2.24, 2.45) is 0 Å². The van der Waals surface area contributed by atoms with Gasteiger partial charge in [0.1, 0.15) is 10.9 Å². The standard InChI is InChI=1S/C26H25NO4S2/c1-4-18-7-11-20(12-8-18)27-23(19-9-13-21(32-3)14-10-19)25(24(28)26(27)29)33(30,31)22-15-5-17(2)6-16-22/h5-16,23,28H,4H2,1-3H3. The average Bonchev–Trinajstić information content (AvgIpc) is 3.10. The van der Waals surface area contributed by atoms with E-state index >= 15 is 0 Å². The number of hydrogen-bond donors (Lipinski definition) is 1. The van der Waals surface area contributed by atoms with Gasteiger partial charge in [0.15, 0.2) is 5.76 Å². The summed E-state index contributed by atoms with van der Waals surface area (Å²) in [7, 11) is -4.14. The minimum atomic E-state index is -4.14. The van der Waals surface area contributed by atoms with Gasteiger partial charge in [-0.25, -0.2) is 8.42 Å². The van der Waals surface area contributed by atoms with Gasteiger partial charge in [-0.05, 0) is 67.1 Å². The lowest BCUT2D eigenvalue weighted by atomic mass is 10.1. The number of aryl methyl sites for hydroxylation is 2. The average molecular weight is 480 g/mol. The van der Waals surface area contributed by atoms with E-state index in [1.54, 1.807) is 48.2 Å². The van der Waals surface area contributed by atoms with Crippen LogP contribution in [-0.4, -0.2) is 25.7 Å². The number of nitrogens with zero attached hydrogens (tertiary/aromatic N) is 1. The number of benzene rings is 3. The molecule has 4 rings (SSSR count). The largest absolute Gasteiger partial charge is 0.502 e. The summed E-state index contributed by atoms with van der Waals surface area (Å²) in [6.45, 7) is 3.90. The molecule has 7 heteroatoms. The summed E-state index contributed by atoms with van der Waals surface area (Å²) in [4.78, 5) is 15.4. The van der Waals surface area contributed by atoms with E-state index in [9.17, 15) is 18.3 Å². The van der Waals surface area contributed by atoms with Crippen molar-refractivity contribution in [2.75, 3.05) is 11.2 Å². The zero-order chi connectivity index (χ0) is 23.8. The summed E-state index contributed by atoms with van der Waals surface area (Å²) in [6.07, 6.45) is 2.79. The normalized spacial score (nSPS) is 16.5. The molecule has 0 saturated carbocycles. The maximum absolute atomic E-state index is 13.7. The fourth-order valence-electron chi connectivity index (χ4n) is 3.95. The van der Waals surface area contributed by atoms with E-state index in [4.69, 9.17) is 0 Å². The molecule has 1 amide bonds. The third-order valence-corrected chi connectivity index (χ3v) is 8.47. The van der Waals surface area contributed by atoms with Crippen molar-refractivity contribution < 1.29 is 18.3 Å². The van der Waals surface area contributed by atoms with Crippen LogP contribution < -0.4 is 4.90 Å². The molecule has 1 atom stereocenters. The molecule has 3 aromatic rings. The molecule has 0 spiro atoms. The topological polar surface area (TPSA) is 74.7 Å². The van der Waals surface area contributed by atoms with Crippen molar-refractivity contribution in [3.05, 3.63) is 100 Å². The SMILES string of the molecule is CCc1ccc(N2C(=O)C(O)=C(S(=O)(=O)c3ccc(C)cc3)C2c2ccc(SC)cc2)cc1. The molecule has 0 aromatic heterocycles. The molecule has 0 radical (unpaired) electrons. The maximum Gasteiger partial charge on any atom is 0.295 e. The van der Waals surface area contributed by atoms with Gasteiger partial charge in [0.2, 0.25) is 9.84 Å². The van der Waals surface area contributed by atoms with Gasteiger partial charge in [-0.3, -0.25) is 9.69 Å². The van der Waals surface area contributed by atoms with E-state index < -0.39 is 27.5 Å². The number of carbonyl (C=O) groups is 1. The molecule has 0 aliphatic carbocycles. The van der Waals surface area contributed by atoms with Gasteiger partial charge in [-0.15, -0.1) is 11.8 Å². The second-order valence-electron chi connectivity index (χ2n) is 7.90. The number of aliphatic hydroxyl groups excluding tert-OH is 1. The summed E-state index contributed by atoms with van der Waals surface area (Å²) >= 11 is 1.57. The molecule has 5 nitrogen and oxygen atoms in total. The molecule has 0 bridgehead atoms. The molecule has 0 saturated heterocycles. The fourth-order valence-corrected chi connectivity index (χ4v) is 5.98. The highest BCUT2D eigenvalue weighted by Gasteiger charge is 2.47. The van der Waals surface area contributed by atoms with Gasteiger partial charge in [0.05, 0.1) is 4.90 Å². The summed E-state index contributed by atoms with van der Waals surface area (Å²) in [6, 6.07) is 20.2. The van der Waals surface area contributed by atoms with Gasteiger partial charge in [-0.1, -0.05) is 48.9 Å². The summed E-state index contributed by atoms with van der Waals surface area (Å²) in [5, 5.41) is 10.9. The minimum absolute atomic E-state index is 0.0383. The number of amides is 1. The summed E-state index contributed by atoms with van der Waals surface area (Å²) in [5.41, 5.74) is 3.14. The summed E-state index contributed by atoms with van der Waals surface area (Å²) in [5.74, 6) is -1.47. The van der Waals surface area contributed by atoms with Gasteiger partial charge >= 0.3 is 0 Å². The number of aliphatic hydroxyl groups is 1. The Morgan fingerprint density at radius 1 is 0.939 bits per heavy atom. The monoisotopic (exact) mass is 479 g/mol. The second kappa shape index (κ2) is 9.08. The van der Waals surface area contributed by atoms with Crippen molar-refractivity contribution in [3.8, 4) is 0 Å². The van der Waals surface area contributed by atoms with Crippen molar-refractivity contribution in [2.45, 2.75) is 36.1 Å². The van der Waals surface area contributed by atoms with Crippen molar-refractivity contribution in [1.29, 1.82) is 0 Å². The van der Waals surface area contributed by atoms with E-state index in [-0.39, 0.29) is 9.80 Å². The lowest BCUT2D eigenvalue weighted by molar-refractivity contribution is -0.117. The number of hydrogen-bond acceptors (Lipinski definition) is 5. The Hall–Kier alpha value is -3.03. The smallest absolute Gasteiger partial charge is 0.295 e. The molecule has 1 N–H and O–H groups in total. The van der Waals surface area contributed by atoms with E-state index in [2.05, 4.69) is 0 Å². The first kappa shape index (κ1) is 23.1. The first-order valence-electron chi connectivity index (χ1n) is 10.6. The highest BCUT2D eigenvalue weighted by atomic mass is 32.2. The van der Waals surface area contributed by atoms with Gasteiger partial charge in [-0.2, -0.15) is 0 Å². The quantitative estimate of drug-likeness (QED) is 0.465. The lowest BCUT2D eigenvalue weighted by Gasteiger charge is -2.27. The molecule has 0 fully saturated rings. The maximum atomic E-state index is 13.7. The fraction of sp³-hybridized carbons (Fsp3) is 0.192. The van der Waals surface area contributed by atoms with Crippen molar-refractivity contribution >= 4 is 33.2 Å². The molecular weight excluding hydrogens is 454 g/mol. The molecule has 170 valence electrons. The van der Waals surface area contributed by atoms with Crippen LogP contribution in [0.15, 0.2) is 93.3 Å². The second-order valence-corrected chi connectivity index (χ2v) is 10.7. The third-order valence-electron chi connectivity index (χ3n) is 5.84. The Bertz CT molecular complexity index is 1310. The third kappa shape index (κ3) is 4.18. The van der Waals surface area contributed by atoms with Gasteiger partial charge in [0.25, 0.3) is 5.91 Å². The van der Waals surface area contributed by atoms with E-state index in [0.29, 0.717) is 11.3 Å². The Morgan fingerprint density at radius 3 is 2.09 bits per heavy atom.